The number of amides is 1. The van der Waals surface area contributed by atoms with E-state index in [0.29, 0.717) is 23.6 Å². The Labute approximate surface area is 128 Å². The first kappa shape index (κ1) is 17.6. The molecule has 0 heterocycles. The molecule has 0 unspecified atom stereocenters. The number of anilines is 1. The summed E-state index contributed by atoms with van der Waals surface area (Å²) in [6.07, 6.45) is 0.990. The molecule has 7 heteroatoms. The monoisotopic (exact) mass is 308 g/mol. The Morgan fingerprint density at radius 2 is 2.05 bits per heavy atom. The molecule has 1 aromatic carbocycles. The van der Waals surface area contributed by atoms with E-state index in [4.69, 9.17) is 4.74 Å². The second-order valence-corrected chi connectivity index (χ2v) is 5.40. The van der Waals surface area contributed by atoms with Gasteiger partial charge in [0.25, 0.3) is 11.6 Å². The zero-order chi connectivity index (χ0) is 16.7. The lowest BCUT2D eigenvalue weighted by atomic mass is 10.1. The van der Waals surface area contributed by atoms with E-state index < -0.39 is 16.8 Å². The van der Waals surface area contributed by atoms with Crippen molar-refractivity contribution in [1.29, 1.82) is 0 Å². The van der Waals surface area contributed by atoms with E-state index in [2.05, 4.69) is 5.32 Å². The van der Waals surface area contributed by atoms with Gasteiger partial charge in [0.15, 0.2) is 6.61 Å². The molecule has 0 atom stereocenters. The molecule has 0 aliphatic rings. The van der Waals surface area contributed by atoms with Gasteiger partial charge in [-0.25, -0.2) is 0 Å². The highest BCUT2D eigenvalue weighted by molar-refractivity contribution is 5.93. The minimum Gasteiger partial charge on any atom is -0.456 e. The number of nitrogens with one attached hydrogen (secondary N) is 1. The largest absolute Gasteiger partial charge is 0.456 e. The molecule has 0 saturated carbocycles. The third-order valence-electron chi connectivity index (χ3n) is 2.98. The summed E-state index contributed by atoms with van der Waals surface area (Å²) in [7, 11) is 0. The van der Waals surface area contributed by atoms with Crippen molar-refractivity contribution in [1.82, 2.24) is 0 Å². The van der Waals surface area contributed by atoms with Crippen LogP contribution < -0.4 is 5.32 Å². The Balaban J connectivity index is 2.48. The quantitative estimate of drug-likeness (QED) is 0.474. The van der Waals surface area contributed by atoms with Gasteiger partial charge in [-0.05, 0) is 30.9 Å². The second-order valence-electron chi connectivity index (χ2n) is 5.40. The number of carbonyl (C=O) groups excluding carboxylic acids is 2. The van der Waals surface area contributed by atoms with Crippen LogP contribution in [0, 0.1) is 23.0 Å². The van der Waals surface area contributed by atoms with Crippen LogP contribution in [0.25, 0.3) is 0 Å². The predicted molar refractivity (Wildman–Crippen MR) is 81.5 cm³/mol. The van der Waals surface area contributed by atoms with E-state index in [1.165, 1.54) is 18.2 Å². The van der Waals surface area contributed by atoms with Crippen molar-refractivity contribution in [3.63, 3.8) is 0 Å². The number of benzene rings is 1. The van der Waals surface area contributed by atoms with Gasteiger partial charge in [0.05, 0.1) is 4.92 Å². The van der Waals surface area contributed by atoms with Crippen molar-refractivity contribution >= 4 is 23.3 Å². The Kier molecular flexibility index (Phi) is 6.49. The zero-order valence-corrected chi connectivity index (χ0v) is 12.9. The normalized spacial score (nSPS) is 10.4. The Morgan fingerprint density at radius 3 is 2.59 bits per heavy atom. The Bertz CT molecular complexity index is 569. The van der Waals surface area contributed by atoms with E-state index in [-0.39, 0.29) is 18.7 Å². The van der Waals surface area contributed by atoms with E-state index >= 15 is 0 Å². The summed E-state index contributed by atoms with van der Waals surface area (Å²) < 4.78 is 4.87. The van der Waals surface area contributed by atoms with Crippen molar-refractivity contribution in [2.45, 2.75) is 33.6 Å². The molecule has 0 aromatic heterocycles. The highest BCUT2D eigenvalue weighted by atomic mass is 16.6. The Morgan fingerprint density at radius 1 is 1.36 bits per heavy atom. The fourth-order valence-electron chi connectivity index (χ4n) is 1.71. The average Bonchev–Trinajstić information content (AvgIpc) is 2.44. The molecule has 0 bridgehead atoms. The van der Waals surface area contributed by atoms with Gasteiger partial charge < -0.3 is 10.1 Å². The number of rotatable bonds is 7. The average molecular weight is 308 g/mol. The molecule has 0 spiro atoms. The van der Waals surface area contributed by atoms with Crippen LogP contribution in [0.5, 0.6) is 0 Å². The molecule has 0 radical (unpaired) electrons. The van der Waals surface area contributed by atoms with Crippen LogP contribution in [0.1, 0.15) is 32.3 Å². The minimum absolute atomic E-state index is 0.0457. The number of hydrogen-bond donors (Lipinski definition) is 1. The summed E-state index contributed by atoms with van der Waals surface area (Å²) in [5.74, 6) is -0.497. The lowest BCUT2D eigenvalue weighted by Gasteiger charge is -2.09. The maximum atomic E-state index is 11.7. The van der Waals surface area contributed by atoms with Crippen molar-refractivity contribution in [2.24, 2.45) is 5.92 Å². The molecule has 0 fully saturated rings. The van der Waals surface area contributed by atoms with Crippen LogP contribution in [-0.4, -0.2) is 23.4 Å². The summed E-state index contributed by atoms with van der Waals surface area (Å²) in [4.78, 5) is 33.2. The lowest BCUT2D eigenvalue weighted by molar-refractivity contribution is -0.384. The molecule has 7 nitrogen and oxygen atoms in total. The molecule has 22 heavy (non-hydrogen) atoms. The number of aryl methyl sites for hydroxylation is 1. The fourth-order valence-corrected chi connectivity index (χ4v) is 1.71. The number of non-ortho nitro benzene ring substituents is 1. The summed E-state index contributed by atoms with van der Waals surface area (Å²) in [5.41, 5.74) is 0.970. The number of nitro benzene ring substituents is 1. The topological polar surface area (TPSA) is 98.5 Å². The smallest absolute Gasteiger partial charge is 0.306 e. The first-order valence-electron chi connectivity index (χ1n) is 7.00. The number of nitrogens with zero attached hydrogens (tertiary/aromatic N) is 1. The van der Waals surface area contributed by atoms with E-state index in [9.17, 15) is 19.7 Å². The summed E-state index contributed by atoms with van der Waals surface area (Å²) >= 11 is 0. The lowest BCUT2D eigenvalue weighted by Crippen LogP contribution is -2.21. The number of hydrogen-bond acceptors (Lipinski definition) is 5. The van der Waals surface area contributed by atoms with Gasteiger partial charge >= 0.3 is 5.97 Å². The van der Waals surface area contributed by atoms with E-state index in [1.54, 1.807) is 6.92 Å². The van der Waals surface area contributed by atoms with Gasteiger partial charge in [-0.1, -0.05) is 13.8 Å². The van der Waals surface area contributed by atoms with E-state index in [0.717, 1.165) is 0 Å². The molecule has 0 aliphatic heterocycles. The minimum atomic E-state index is -0.505. The van der Waals surface area contributed by atoms with Gasteiger partial charge in [0, 0.05) is 24.2 Å². The van der Waals surface area contributed by atoms with E-state index in [1.807, 2.05) is 13.8 Å². The number of carbonyl (C=O) groups is 2. The van der Waals surface area contributed by atoms with Crippen LogP contribution in [0.4, 0.5) is 11.4 Å². The van der Waals surface area contributed by atoms with Gasteiger partial charge in [-0.15, -0.1) is 0 Å². The van der Waals surface area contributed by atoms with Crippen molar-refractivity contribution in [2.75, 3.05) is 11.9 Å². The van der Waals surface area contributed by atoms with Gasteiger partial charge in [-0.2, -0.15) is 0 Å². The maximum Gasteiger partial charge on any atom is 0.306 e. The predicted octanol–water partition coefficient (Wildman–Crippen LogP) is 2.82. The number of esters is 1. The van der Waals surface area contributed by atoms with Crippen molar-refractivity contribution in [3.05, 3.63) is 33.9 Å². The third-order valence-corrected chi connectivity index (χ3v) is 2.98. The number of ether oxygens (including phenoxy) is 1. The van der Waals surface area contributed by atoms with Crippen LogP contribution >= 0.6 is 0 Å². The molecule has 0 saturated heterocycles. The number of nitro groups is 1. The molecule has 120 valence electrons. The van der Waals surface area contributed by atoms with Crippen LogP contribution in [0.3, 0.4) is 0 Å². The molecule has 1 N–H and O–H groups in total. The van der Waals surface area contributed by atoms with Gasteiger partial charge in [0.1, 0.15) is 0 Å². The summed E-state index contributed by atoms with van der Waals surface area (Å²) in [5, 5.41) is 13.2. The molecular weight excluding hydrogens is 288 g/mol. The fraction of sp³-hybridized carbons (Fsp3) is 0.467. The van der Waals surface area contributed by atoms with Crippen LogP contribution in [0.15, 0.2) is 18.2 Å². The van der Waals surface area contributed by atoms with Crippen molar-refractivity contribution in [3.8, 4) is 0 Å². The third kappa shape index (κ3) is 5.90. The molecule has 1 amide bonds. The maximum absolute atomic E-state index is 11.7. The Hall–Kier alpha value is -2.44. The molecular formula is C15H20N2O5. The molecule has 1 aromatic rings. The second kappa shape index (κ2) is 8.11. The molecule has 1 rings (SSSR count). The summed E-state index contributed by atoms with van der Waals surface area (Å²) in [6, 6.07) is 4.12. The van der Waals surface area contributed by atoms with Crippen LogP contribution in [0.2, 0.25) is 0 Å². The zero-order valence-electron chi connectivity index (χ0n) is 12.9. The van der Waals surface area contributed by atoms with Crippen molar-refractivity contribution < 1.29 is 19.2 Å². The van der Waals surface area contributed by atoms with Crippen LogP contribution in [-0.2, 0) is 14.3 Å². The SMILES string of the molecule is Cc1cc([N+](=O)[O-])ccc1NC(=O)COC(=O)CCC(C)C. The standard InChI is InChI=1S/C15H20N2O5/c1-10(2)4-7-15(19)22-9-14(18)16-13-6-5-12(17(20)21)8-11(13)3/h5-6,8,10H,4,7,9H2,1-3H3,(H,16,18). The first-order chi connectivity index (χ1) is 10.3. The first-order valence-corrected chi connectivity index (χ1v) is 7.00. The van der Waals surface area contributed by atoms with Gasteiger partial charge in [0.2, 0.25) is 0 Å². The van der Waals surface area contributed by atoms with Gasteiger partial charge in [-0.3, -0.25) is 19.7 Å². The highest BCUT2D eigenvalue weighted by Gasteiger charge is 2.12. The summed E-state index contributed by atoms with van der Waals surface area (Å²) in [6.45, 7) is 5.28. The molecule has 0 aliphatic carbocycles. The highest BCUT2D eigenvalue weighted by Crippen LogP contribution is 2.21.